The van der Waals surface area contributed by atoms with Gasteiger partial charge in [-0.15, -0.1) is 0 Å². The van der Waals surface area contributed by atoms with Crippen LogP contribution in [-0.4, -0.2) is 43.6 Å². The van der Waals surface area contributed by atoms with Gasteiger partial charge in [-0.1, -0.05) is 18.2 Å². The van der Waals surface area contributed by atoms with Gasteiger partial charge in [-0.05, 0) is 44.2 Å². The average Bonchev–Trinajstić information content (AvgIpc) is 2.55. The largest absolute Gasteiger partial charge is 0.496 e. The number of nitrogens with zero attached hydrogens (tertiary/aromatic N) is 1. The maximum Gasteiger partial charge on any atom is 0.239 e. The van der Waals surface area contributed by atoms with Gasteiger partial charge >= 0.3 is 0 Å². The van der Waals surface area contributed by atoms with Crippen LogP contribution in [0.1, 0.15) is 31.7 Å². The molecule has 0 saturated carbocycles. The number of nitrogens with one attached hydrogen (secondary N) is 1. The topological polar surface area (TPSA) is 41.6 Å². The zero-order valence-corrected chi connectivity index (χ0v) is 13.1. The van der Waals surface area contributed by atoms with E-state index in [1.807, 2.05) is 30.0 Å². The van der Waals surface area contributed by atoms with Gasteiger partial charge in [-0.3, -0.25) is 4.79 Å². The quantitative estimate of drug-likeness (QED) is 0.873. The number of rotatable bonds is 6. The van der Waals surface area contributed by atoms with Gasteiger partial charge in [0.25, 0.3) is 0 Å². The number of methoxy groups -OCH3 is 1. The fraction of sp³-hybridized carbons (Fsp3) is 0.588. The van der Waals surface area contributed by atoms with Crippen molar-refractivity contribution in [2.75, 3.05) is 26.7 Å². The smallest absolute Gasteiger partial charge is 0.239 e. The Labute approximate surface area is 127 Å². The Morgan fingerprint density at radius 1 is 1.29 bits per heavy atom. The summed E-state index contributed by atoms with van der Waals surface area (Å²) in [4.78, 5) is 14.3. The van der Waals surface area contributed by atoms with Crippen LogP contribution in [0.4, 0.5) is 0 Å². The molecule has 1 aromatic rings. The monoisotopic (exact) mass is 290 g/mol. The first-order valence-electron chi connectivity index (χ1n) is 7.86. The SMILES string of the molecule is COc1ccccc1CCNC(C)C(=O)N1CCCCC1. The zero-order chi connectivity index (χ0) is 15.1. The lowest BCUT2D eigenvalue weighted by Gasteiger charge is -2.29. The van der Waals surface area contributed by atoms with Gasteiger partial charge in [-0.2, -0.15) is 0 Å². The van der Waals surface area contributed by atoms with Crippen LogP contribution < -0.4 is 10.1 Å². The van der Waals surface area contributed by atoms with Crippen molar-refractivity contribution >= 4 is 5.91 Å². The molecule has 0 aliphatic carbocycles. The molecule has 1 fully saturated rings. The molecule has 1 aliphatic rings. The van der Waals surface area contributed by atoms with E-state index in [0.717, 1.165) is 44.6 Å². The maximum atomic E-state index is 12.3. The first-order chi connectivity index (χ1) is 10.2. The van der Waals surface area contributed by atoms with Crippen molar-refractivity contribution in [1.29, 1.82) is 0 Å². The fourth-order valence-corrected chi connectivity index (χ4v) is 2.81. The van der Waals surface area contributed by atoms with Gasteiger partial charge in [0.1, 0.15) is 5.75 Å². The molecule has 21 heavy (non-hydrogen) atoms. The molecule has 0 spiro atoms. The summed E-state index contributed by atoms with van der Waals surface area (Å²) in [5.41, 5.74) is 1.17. The van der Waals surface area contributed by atoms with Crippen LogP contribution in [0.25, 0.3) is 0 Å². The number of para-hydroxylation sites is 1. The van der Waals surface area contributed by atoms with Gasteiger partial charge in [0, 0.05) is 19.6 Å². The summed E-state index contributed by atoms with van der Waals surface area (Å²) in [5.74, 6) is 1.14. The molecule has 1 saturated heterocycles. The summed E-state index contributed by atoms with van der Waals surface area (Å²) in [6.07, 6.45) is 4.39. The Balaban J connectivity index is 1.78. The fourth-order valence-electron chi connectivity index (χ4n) is 2.81. The number of benzene rings is 1. The molecule has 1 atom stereocenters. The molecule has 1 N–H and O–H groups in total. The van der Waals surface area contributed by atoms with E-state index in [4.69, 9.17) is 4.74 Å². The molecule has 0 bridgehead atoms. The lowest BCUT2D eigenvalue weighted by atomic mass is 10.1. The summed E-state index contributed by atoms with van der Waals surface area (Å²) >= 11 is 0. The number of amides is 1. The summed E-state index contributed by atoms with van der Waals surface area (Å²) in [6, 6.07) is 7.91. The molecule has 1 amide bonds. The van der Waals surface area contributed by atoms with E-state index >= 15 is 0 Å². The Kier molecular flexibility index (Phi) is 6.05. The van der Waals surface area contributed by atoms with Gasteiger partial charge in [0.15, 0.2) is 0 Å². The molecular formula is C17H26N2O2. The molecule has 116 valence electrons. The Morgan fingerprint density at radius 3 is 2.71 bits per heavy atom. The molecule has 1 aromatic carbocycles. The summed E-state index contributed by atoms with van der Waals surface area (Å²) in [7, 11) is 1.69. The number of carbonyl (C=O) groups excluding carboxylic acids is 1. The summed E-state index contributed by atoms with van der Waals surface area (Å²) in [6.45, 7) is 4.56. The van der Waals surface area contributed by atoms with E-state index in [1.54, 1.807) is 7.11 Å². The van der Waals surface area contributed by atoms with Gasteiger partial charge in [0.2, 0.25) is 5.91 Å². The van der Waals surface area contributed by atoms with E-state index in [0.29, 0.717) is 0 Å². The molecule has 1 heterocycles. The third kappa shape index (κ3) is 4.46. The van der Waals surface area contributed by atoms with Crippen molar-refractivity contribution in [3.05, 3.63) is 29.8 Å². The lowest BCUT2D eigenvalue weighted by Crippen LogP contribution is -2.47. The number of piperidine rings is 1. The van der Waals surface area contributed by atoms with Crippen molar-refractivity contribution < 1.29 is 9.53 Å². The van der Waals surface area contributed by atoms with Crippen LogP contribution in [-0.2, 0) is 11.2 Å². The van der Waals surface area contributed by atoms with Crippen molar-refractivity contribution in [3.63, 3.8) is 0 Å². The standard InChI is InChI=1S/C17H26N2O2/c1-14(17(20)19-12-6-3-7-13-19)18-11-10-15-8-4-5-9-16(15)21-2/h4-5,8-9,14,18H,3,6-7,10-13H2,1-2H3. The van der Waals surface area contributed by atoms with Gasteiger partial charge < -0.3 is 15.0 Å². The molecule has 2 rings (SSSR count). The second kappa shape index (κ2) is 8.03. The molecule has 1 aliphatic heterocycles. The normalized spacial score (nSPS) is 16.6. The molecule has 4 heteroatoms. The number of hydrogen-bond donors (Lipinski definition) is 1. The summed E-state index contributed by atoms with van der Waals surface area (Å²) in [5, 5.41) is 3.33. The van der Waals surface area contributed by atoms with Crippen molar-refractivity contribution in [1.82, 2.24) is 10.2 Å². The van der Waals surface area contributed by atoms with E-state index in [-0.39, 0.29) is 11.9 Å². The Morgan fingerprint density at radius 2 is 2.00 bits per heavy atom. The van der Waals surface area contributed by atoms with E-state index in [2.05, 4.69) is 11.4 Å². The molecule has 0 radical (unpaired) electrons. The zero-order valence-electron chi connectivity index (χ0n) is 13.1. The third-order valence-electron chi connectivity index (χ3n) is 4.08. The number of hydrogen-bond acceptors (Lipinski definition) is 3. The predicted molar refractivity (Wildman–Crippen MR) is 84.6 cm³/mol. The summed E-state index contributed by atoms with van der Waals surface area (Å²) < 4.78 is 5.34. The van der Waals surface area contributed by atoms with E-state index in [1.165, 1.54) is 12.0 Å². The molecule has 0 aromatic heterocycles. The highest BCUT2D eigenvalue weighted by molar-refractivity contribution is 5.81. The molecular weight excluding hydrogens is 264 g/mol. The predicted octanol–water partition coefficient (Wildman–Crippen LogP) is 2.23. The first kappa shape index (κ1) is 15.8. The van der Waals surface area contributed by atoms with Crippen LogP contribution in [0.2, 0.25) is 0 Å². The van der Waals surface area contributed by atoms with Crippen LogP contribution in [0.3, 0.4) is 0 Å². The molecule has 4 nitrogen and oxygen atoms in total. The number of carbonyl (C=O) groups is 1. The average molecular weight is 290 g/mol. The van der Waals surface area contributed by atoms with Gasteiger partial charge in [-0.25, -0.2) is 0 Å². The minimum atomic E-state index is -0.113. The second-order valence-electron chi connectivity index (χ2n) is 5.62. The van der Waals surface area contributed by atoms with Crippen LogP contribution in [0.15, 0.2) is 24.3 Å². The Bertz CT molecular complexity index is 456. The minimum absolute atomic E-state index is 0.113. The highest BCUT2D eigenvalue weighted by Gasteiger charge is 2.21. The highest BCUT2D eigenvalue weighted by Crippen LogP contribution is 2.17. The number of likely N-dealkylation sites (tertiary alicyclic amines) is 1. The third-order valence-corrected chi connectivity index (χ3v) is 4.08. The van der Waals surface area contributed by atoms with Gasteiger partial charge in [0.05, 0.1) is 13.2 Å². The number of ether oxygens (including phenoxy) is 1. The van der Waals surface area contributed by atoms with Crippen LogP contribution >= 0.6 is 0 Å². The maximum absolute atomic E-state index is 12.3. The van der Waals surface area contributed by atoms with Crippen molar-refractivity contribution in [2.24, 2.45) is 0 Å². The van der Waals surface area contributed by atoms with Crippen LogP contribution in [0, 0.1) is 0 Å². The second-order valence-corrected chi connectivity index (χ2v) is 5.62. The van der Waals surface area contributed by atoms with E-state index in [9.17, 15) is 4.79 Å². The molecule has 1 unspecified atom stereocenters. The van der Waals surface area contributed by atoms with Crippen molar-refractivity contribution in [3.8, 4) is 5.75 Å². The lowest BCUT2D eigenvalue weighted by molar-refractivity contribution is -0.133. The minimum Gasteiger partial charge on any atom is -0.496 e. The van der Waals surface area contributed by atoms with Crippen molar-refractivity contribution in [2.45, 2.75) is 38.6 Å². The first-order valence-corrected chi connectivity index (χ1v) is 7.86. The van der Waals surface area contributed by atoms with E-state index < -0.39 is 0 Å². The highest BCUT2D eigenvalue weighted by atomic mass is 16.5. The van der Waals surface area contributed by atoms with Crippen LogP contribution in [0.5, 0.6) is 5.75 Å². The Hall–Kier alpha value is -1.55.